The lowest BCUT2D eigenvalue weighted by molar-refractivity contribution is 0.628. The highest BCUT2D eigenvalue weighted by Gasteiger charge is 2.18. The maximum absolute atomic E-state index is 13.3. The van der Waals surface area contributed by atoms with E-state index in [1.54, 1.807) is 35.2 Å². The van der Waals surface area contributed by atoms with Crippen molar-refractivity contribution in [2.75, 3.05) is 0 Å². The first-order chi connectivity index (χ1) is 13.0. The molecule has 0 bridgehead atoms. The van der Waals surface area contributed by atoms with Crippen molar-refractivity contribution in [2.24, 2.45) is 0 Å². The van der Waals surface area contributed by atoms with Crippen molar-refractivity contribution in [3.05, 3.63) is 75.5 Å². The first-order valence-electron chi connectivity index (χ1n) is 8.43. The minimum Gasteiger partial charge on any atom is -0.211 e. The molecule has 2 aromatic carbocycles. The Bertz CT molecular complexity index is 1120. The van der Waals surface area contributed by atoms with Crippen LogP contribution in [0.15, 0.2) is 53.7 Å². The lowest BCUT2D eigenvalue weighted by Gasteiger charge is -2.06. The van der Waals surface area contributed by atoms with E-state index in [9.17, 15) is 4.39 Å². The second kappa shape index (κ2) is 7.58. The Morgan fingerprint density at radius 1 is 1.04 bits per heavy atom. The van der Waals surface area contributed by atoms with Crippen LogP contribution in [0.25, 0.3) is 21.3 Å². The van der Waals surface area contributed by atoms with Crippen LogP contribution >= 0.6 is 34.7 Å². The van der Waals surface area contributed by atoms with E-state index in [0.717, 1.165) is 32.0 Å². The predicted octanol–water partition coefficient (Wildman–Crippen LogP) is 7.06. The number of hydrogen-bond donors (Lipinski definition) is 0. The molecule has 0 fully saturated rings. The standard InChI is InChI=1S/C21H16ClFN2S2/c1-12-5-3-4-6-15(12)11-26-21-24-19(22)18-17(13(2)27-20(18)25-21)14-7-9-16(23)10-8-14/h3-10H,11H2,1-2H3. The van der Waals surface area contributed by atoms with Gasteiger partial charge in [0.1, 0.15) is 15.8 Å². The highest BCUT2D eigenvalue weighted by Crippen LogP contribution is 2.41. The molecule has 27 heavy (non-hydrogen) atoms. The second-order valence-corrected chi connectivity index (χ2v) is 8.74. The van der Waals surface area contributed by atoms with Crippen molar-refractivity contribution < 1.29 is 4.39 Å². The summed E-state index contributed by atoms with van der Waals surface area (Å²) in [6, 6.07) is 14.7. The number of fused-ring (bicyclic) bond motifs is 1. The van der Waals surface area contributed by atoms with Gasteiger partial charge in [-0.1, -0.05) is 59.8 Å². The molecular formula is C21H16ClFN2S2. The molecule has 2 heterocycles. The second-order valence-electron chi connectivity index (χ2n) is 6.23. The van der Waals surface area contributed by atoms with Crippen LogP contribution < -0.4 is 0 Å². The van der Waals surface area contributed by atoms with Crippen molar-refractivity contribution in [3.63, 3.8) is 0 Å². The van der Waals surface area contributed by atoms with Gasteiger partial charge in [0.25, 0.3) is 0 Å². The third-order valence-electron chi connectivity index (χ3n) is 4.41. The molecule has 0 unspecified atom stereocenters. The number of hydrogen-bond acceptors (Lipinski definition) is 4. The van der Waals surface area contributed by atoms with Crippen LogP contribution in [0.2, 0.25) is 5.15 Å². The molecule has 0 saturated carbocycles. The normalized spacial score (nSPS) is 11.3. The van der Waals surface area contributed by atoms with Crippen molar-refractivity contribution >= 4 is 44.9 Å². The van der Waals surface area contributed by atoms with Crippen molar-refractivity contribution in [3.8, 4) is 11.1 Å². The van der Waals surface area contributed by atoms with Gasteiger partial charge in [-0.05, 0) is 42.7 Å². The number of thioether (sulfide) groups is 1. The summed E-state index contributed by atoms with van der Waals surface area (Å²) in [5.74, 6) is 0.539. The molecule has 0 aliphatic rings. The number of rotatable bonds is 4. The van der Waals surface area contributed by atoms with Gasteiger partial charge in [-0.25, -0.2) is 14.4 Å². The smallest absolute Gasteiger partial charge is 0.190 e. The fourth-order valence-corrected chi connectivity index (χ4v) is 5.39. The number of aryl methyl sites for hydroxylation is 2. The van der Waals surface area contributed by atoms with Crippen LogP contribution in [0.4, 0.5) is 4.39 Å². The first-order valence-corrected chi connectivity index (χ1v) is 10.6. The van der Waals surface area contributed by atoms with Gasteiger partial charge in [0.15, 0.2) is 5.16 Å². The number of aromatic nitrogens is 2. The maximum atomic E-state index is 13.3. The van der Waals surface area contributed by atoms with E-state index in [1.807, 2.05) is 19.1 Å². The molecule has 0 atom stereocenters. The van der Waals surface area contributed by atoms with Crippen molar-refractivity contribution in [1.82, 2.24) is 9.97 Å². The molecule has 6 heteroatoms. The van der Waals surface area contributed by atoms with E-state index < -0.39 is 0 Å². The molecule has 0 radical (unpaired) electrons. The summed E-state index contributed by atoms with van der Waals surface area (Å²) in [7, 11) is 0. The quantitative estimate of drug-likeness (QED) is 0.203. The lowest BCUT2D eigenvalue weighted by Crippen LogP contribution is -1.91. The zero-order valence-electron chi connectivity index (χ0n) is 14.8. The summed E-state index contributed by atoms with van der Waals surface area (Å²) in [6.45, 7) is 4.13. The molecule has 0 aliphatic heterocycles. The van der Waals surface area contributed by atoms with Gasteiger partial charge in [0, 0.05) is 16.2 Å². The maximum Gasteiger partial charge on any atom is 0.190 e. The monoisotopic (exact) mass is 414 g/mol. The summed E-state index contributed by atoms with van der Waals surface area (Å²) >= 11 is 9.71. The van der Waals surface area contributed by atoms with Gasteiger partial charge in [0.2, 0.25) is 0 Å². The van der Waals surface area contributed by atoms with Gasteiger partial charge >= 0.3 is 0 Å². The number of thiophene rings is 1. The minimum absolute atomic E-state index is 0.256. The third kappa shape index (κ3) is 3.72. The summed E-state index contributed by atoms with van der Waals surface area (Å²) < 4.78 is 13.3. The average molecular weight is 415 g/mol. The Morgan fingerprint density at radius 3 is 2.52 bits per heavy atom. The van der Waals surface area contributed by atoms with Gasteiger partial charge < -0.3 is 0 Å². The third-order valence-corrected chi connectivity index (χ3v) is 6.58. The fraction of sp³-hybridized carbons (Fsp3) is 0.143. The summed E-state index contributed by atoms with van der Waals surface area (Å²) in [6.07, 6.45) is 0. The molecule has 0 spiro atoms. The van der Waals surface area contributed by atoms with Gasteiger partial charge in [-0.15, -0.1) is 11.3 Å². The fourth-order valence-electron chi connectivity index (χ4n) is 2.99. The molecule has 2 aromatic heterocycles. The molecule has 0 amide bonds. The highest BCUT2D eigenvalue weighted by atomic mass is 35.5. The zero-order chi connectivity index (χ0) is 19.0. The van der Waals surface area contributed by atoms with Crippen LogP contribution in [0, 0.1) is 19.7 Å². The lowest BCUT2D eigenvalue weighted by atomic mass is 10.0. The van der Waals surface area contributed by atoms with E-state index in [-0.39, 0.29) is 5.82 Å². The predicted molar refractivity (Wildman–Crippen MR) is 113 cm³/mol. The first kappa shape index (κ1) is 18.4. The largest absolute Gasteiger partial charge is 0.211 e. The van der Waals surface area contributed by atoms with Crippen LogP contribution in [0.1, 0.15) is 16.0 Å². The molecule has 0 N–H and O–H groups in total. The summed E-state index contributed by atoms with van der Waals surface area (Å²) in [4.78, 5) is 11.2. The summed E-state index contributed by atoms with van der Waals surface area (Å²) in [5, 5.41) is 1.95. The Labute approximate surface area is 170 Å². The van der Waals surface area contributed by atoms with E-state index in [0.29, 0.717) is 10.3 Å². The molecule has 2 nitrogen and oxygen atoms in total. The molecule has 0 aliphatic carbocycles. The van der Waals surface area contributed by atoms with Gasteiger partial charge in [0.05, 0.1) is 5.39 Å². The zero-order valence-corrected chi connectivity index (χ0v) is 17.2. The van der Waals surface area contributed by atoms with E-state index in [1.165, 1.54) is 23.3 Å². The Hall–Kier alpha value is -1.95. The van der Waals surface area contributed by atoms with Crippen LogP contribution in [-0.2, 0) is 5.75 Å². The van der Waals surface area contributed by atoms with Crippen LogP contribution in [0.3, 0.4) is 0 Å². The van der Waals surface area contributed by atoms with Crippen LogP contribution in [0.5, 0.6) is 0 Å². The van der Waals surface area contributed by atoms with Gasteiger partial charge in [-0.2, -0.15) is 0 Å². The number of halogens is 2. The van der Waals surface area contributed by atoms with Crippen molar-refractivity contribution in [1.29, 1.82) is 0 Å². The SMILES string of the molecule is Cc1ccccc1CSc1nc(Cl)c2c(-c3ccc(F)cc3)c(C)sc2n1. The number of benzene rings is 2. The Morgan fingerprint density at radius 2 is 1.78 bits per heavy atom. The van der Waals surface area contributed by atoms with Gasteiger partial charge in [-0.3, -0.25) is 0 Å². The number of nitrogens with zero attached hydrogens (tertiary/aromatic N) is 2. The Balaban J connectivity index is 1.70. The van der Waals surface area contributed by atoms with E-state index in [4.69, 9.17) is 16.6 Å². The molecule has 4 rings (SSSR count). The molecule has 136 valence electrons. The molecule has 4 aromatic rings. The van der Waals surface area contributed by atoms with Crippen LogP contribution in [-0.4, -0.2) is 9.97 Å². The van der Waals surface area contributed by atoms with Crippen molar-refractivity contribution in [2.45, 2.75) is 24.8 Å². The Kier molecular flexibility index (Phi) is 5.17. The van der Waals surface area contributed by atoms with E-state index in [2.05, 4.69) is 24.0 Å². The van der Waals surface area contributed by atoms with E-state index >= 15 is 0 Å². The molecular weight excluding hydrogens is 399 g/mol. The molecule has 0 saturated heterocycles. The average Bonchev–Trinajstić information content (AvgIpc) is 2.98. The summed E-state index contributed by atoms with van der Waals surface area (Å²) in [5.41, 5.74) is 4.42. The minimum atomic E-state index is -0.256. The topological polar surface area (TPSA) is 25.8 Å². The highest BCUT2D eigenvalue weighted by molar-refractivity contribution is 7.98.